The SMILES string of the molecule is CC(C)OC(=O)c1cccc(N)c1C(=O)OC(C)C. The maximum atomic E-state index is 12.0. The Morgan fingerprint density at radius 3 is 2.05 bits per heavy atom. The second-order valence-electron chi connectivity index (χ2n) is 4.68. The van der Waals surface area contributed by atoms with Crippen LogP contribution in [0, 0.1) is 0 Å². The number of rotatable bonds is 4. The number of hydrogen-bond acceptors (Lipinski definition) is 5. The van der Waals surface area contributed by atoms with Crippen LogP contribution in [0.3, 0.4) is 0 Å². The van der Waals surface area contributed by atoms with Crippen LogP contribution < -0.4 is 5.73 Å². The van der Waals surface area contributed by atoms with E-state index in [1.807, 2.05) is 0 Å². The zero-order valence-corrected chi connectivity index (χ0v) is 11.6. The van der Waals surface area contributed by atoms with Crippen molar-refractivity contribution >= 4 is 17.6 Å². The van der Waals surface area contributed by atoms with Gasteiger partial charge in [0.15, 0.2) is 0 Å². The summed E-state index contributed by atoms with van der Waals surface area (Å²) in [5, 5.41) is 0. The number of anilines is 1. The van der Waals surface area contributed by atoms with E-state index in [4.69, 9.17) is 15.2 Å². The molecular formula is C14H19NO4. The minimum Gasteiger partial charge on any atom is -0.459 e. The highest BCUT2D eigenvalue weighted by atomic mass is 16.5. The summed E-state index contributed by atoms with van der Waals surface area (Å²) in [5.41, 5.74) is 6.14. The van der Waals surface area contributed by atoms with Crippen LogP contribution in [0.1, 0.15) is 48.4 Å². The highest BCUT2D eigenvalue weighted by Crippen LogP contribution is 2.20. The lowest BCUT2D eigenvalue weighted by Crippen LogP contribution is -2.20. The summed E-state index contributed by atoms with van der Waals surface area (Å²) in [5.74, 6) is -1.21. The third-order valence-corrected chi connectivity index (χ3v) is 2.21. The van der Waals surface area contributed by atoms with Gasteiger partial charge < -0.3 is 15.2 Å². The molecule has 1 aromatic carbocycles. The fourth-order valence-corrected chi connectivity index (χ4v) is 1.52. The van der Waals surface area contributed by atoms with Gasteiger partial charge in [0, 0.05) is 5.69 Å². The molecule has 0 fully saturated rings. The van der Waals surface area contributed by atoms with Crippen molar-refractivity contribution in [2.45, 2.75) is 39.9 Å². The average molecular weight is 265 g/mol. The van der Waals surface area contributed by atoms with E-state index in [2.05, 4.69) is 0 Å². The molecule has 19 heavy (non-hydrogen) atoms. The minimum atomic E-state index is -0.621. The van der Waals surface area contributed by atoms with Gasteiger partial charge in [-0.15, -0.1) is 0 Å². The number of esters is 2. The van der Waals surface area contributed by atoms with Crippen LogP contribution >= 0.6 is 0 Å². The second kappa shape index (κ2) is 6.22. The van der Waals surface area contributed by atoms with Crippen LogP contribution in [-0.2, 0) is 9.47 Å². The molecule has 0 saturated heterocycles. The zero-order valence-electron chi connectivity index (χ0n) is 11.6. The lowest BCUT2D eigenvalue weighted by atomic mass is 10.1. The Bertz CT molecular complexity index is 480. The highest BCUT2D eigenvalue weighted by Gasteiger charge is 2.23. The molecule has 0 aromatic heterocycles. The summed E-state index contributed by atoms with van der Waals surface area (Å²) >= 11 is 0. The van der Waals surface area contributed by atoms with Crippen molar-refractivity contribution in [1.82, 2.24) is 0 Å². The maximum Gasteiger partial charge on any atom is 0.341 e. The summed E-state index contributed by atoms with van der Waals surface area (Å²) in [4.78, 5) is 23.9. The first-order valence-corrected chi connectivity index (χ1v) is 6.13. The van der Waals surface area contributed by atoms with Gasteiger partial charge in [0.1, 0.15) is 0 Å². The zero-order chi connectivity index (χ0) is 14.6. The molecule has 1 rings (SSSR count). The van der Waals surface area contributed by atoms with Gasteiger partial charge in [0.05, 0.1) is 23.3 Å². The number of benzene rings is 1. The van der Waals surface area contributed by atoms with Crippen LogP contribution in [-0.4, -0.2) is 24.1 Å². The van der Waals surface area contributed by atoms with Crippen LogP contribution in [0.2, 0.25) is 0 Å². The van der Waals surface area contributed by atoms with Crippen molar-refractivity contribution in [3.63, 3.8) is 0 Å². The molecule has 0 heterocycles. The first kappa shape index (κ1) is 15.0. The fraction of sp³-hybridized carbons (Fsp3) is 0.429. The lowest BCUT2D eigenvalue weighted by Gasteiger charge is -2.14. The Morgan fingerprint density at radius 2 is 1.53 bits per heavy atom. The van der Waals surface area contributed by atoms with Gasteiger partial charge in [-0.3, -0.25) is 0 Å². The summed E-state index contributed by atoms with van der Waals surface area (Å²) in [6.45, 7) is 6.92. The highest BCUT2D eigenvalue weighted by molar-refractivity contribution is 6.06. The van der Waals surface area contributed by atoms with E-state index in [-0.39, 0.29) is 29.0 Å². The number of nitrogens with two attached hydrogens (primary N) is 1. The van der Waals surface area contributed by atoms with E-state index in [1.165, 1.54) is 6.07 Å². The van der Waals surface area contributed by atoms with E-state index in [9.17, 15) is 9.59 Å². The van der Waals surface area contributed by atoms with Crippen molar-refractivity contribution in [2.75, 3.05) is 5.73 Å². The number of ether oxygens (including phenoxy) is 2. The minimum absolute atomic E-state index is 0.0573. The molecule has 5 nitrogen and oxygen atoms in total. The normalized spacial score (nSPS) is 10.6. The van der Waals surface area contributed by atoms with Crippen molar-refractivity contribution < 1.29 is 19.1 Å². The molecule has 0 spiro atoms. The van der Waals surface area contributed by atoms with Gasteiger partial charge in [0.25, 0.3) is 0 Å². The summed E-state index contributed by atoms with van der Waals surface area (Å²) < 4.78 is 10.2. The maximum absolute atomic E-state index is 12.0. The molecule has 104 valence electrons. The molecule has 0 unspecified atom stereocenters. The molecule has 0 amide bonds. The molecule has 0 aliphatic rings. The van der Waals surface area contributed by atoms with Crippen molar-refractivity contribution in [3.05, 3.63) is 29.3 Å². The summed E-state index contributed by atoms with van der Waals surface area (Å²) in [6.07, 6.45) is -0.566. The Hall–Kier alpha value is -2.04. The fourth-order valence-electron chi connectivity index (χ4n) is 1.52. The van der Waals surface area contributed by atoms with Gasteiger partial charge in [-0.2, -0.15) is 0 Å². The largest absolute Gasteiger partial charge is 0.459 e. The molecule has 1 aromatic rings. The number of hydrogen-bond donors (Lipinski definition) is 1. The van der Waals surface area contributed by atoms with Gasteiger partial charge in [-0.05, 0) is 39.8 Å². The molecular weight excluding hydrogens is 246 g/mol. The Balaban J connectivity index is 3.15. The van der Waals surface area contributed by atoms with Gasteiger partial charge in [0.2, 0.25) is 0 Å². The standard InChI is InChI=1S/C14H19NO4/c1-8(2)18-13(16)10-6-5-7-11(15)12(10)14(17)19-9(3)4/h5-9H,15H2,1-4H3. The first-order chi connectivity index (χ1) is 8.82. The molecule has 0 bridgehead atoms. The third kappa shape index (κ3) is 3.98. The molecule has 2 N–H and O–H groups in total. The molecule has 0 aliphatic heterocycles. The number of nitrogen functional groups attached to an aromatic ring is 1. The molecule has 0 saturated carbocycles. The van der Waals surface area contributed by atoms with Crippen molar-refractivity contribution in [3.8, 4) is 0 Å². The van der Waals surface area contributed by atoms with E-state index >= 15 is 0 Å². The number of carbonyl (C=O) groups excluding carboxylic acids is 2. The van der Waals surface area contributed by atoms with E-state index in [0.29, 0.717) is 0 Å². The topological polar surface area (TPSA) is 78.6 Å². The van der Waals surface area contributed by atoms with Crippen molar-refractivity contribution in [1.29, 1.82) is 0 Å². The Labute approximate surface area is 112 Å². The van der Waals surface area contributed by atoms with Crippen molar-refractivity contribution in [2.24, 2.45) is 0 Å². The van der Waals surface area contributed by atoms with Crippen LogP contribution in [0.5, 0.6) is 0 Å². The van der Waals surface area contributed by atoms with Crippen LogP contribution in [0.15, 0.2) is 18.2 Å². The molecule has 0 atom stereocenters. The van der Waals surface area contributed by atoms with Gasteiger partial charge in [-0.1, -0.05) is 6.07 Å². The van der Waals surface area contributed by atoms with E-state index in [1.54, 1.807) is 39.8 Å². The number of carbonyl (C=O) groups is 2. The monoisotopic (exact) mass is 265 g/mol. The first-order valence-electron chi connectivity index (χ1n) is 6.13. The van der Waals surface area contributed by atoms with Gasteiger partial charge >= 0.3 is 11.9 Å². The molecule has 5 heteroatoms. The quantitative estimate of drug-likeness (QED) is 0.668. The Morgan fingerprint density at radius 1 is 1.00 bits per heavy atom. The molecule has 0 aliphatic carbocycles. The Kier molecular flexibility index (Phi) is 4.92. The lowest BCUT2D eigenvalue weighted by molar-refractivity contribution is 0.0329. The summed E-state index contributed by atoms with van der Waals surface area (Å²) in [7, 11) is 0. The van der Waals surface area contributed by atoms with E-state index in [0.717, 1.165) is 0 Å². The predicted octanol–water partition coefficient (Wildman–Crippen LogP) is 2.40. The second-order valence-corrected chi connectivity index (χ2v) is 4.68. The van der Waals surface area contributed by atoms with Gasteiger partial charge in [-0.25, -0.2) is 9.59 Å². The molecule has 0 radical (unpaired) electrons. The van der Waals surface area contributed by atoms with E-state index < -0.39 is 11.9 Å². The van der Waals surface area contributed by atoms with Crippen LogP contribution in [0.4, 0.5) is 5.69 Å². The third-order valence-electron chi connectivity index (χ3n) is 2.21. The summed E-state index contributed by atoms with van der Waals surface area (Å²) in [6, 6.07) is 4.64. The van der Waals surface area contributed by atoms with Crippen LogP contribution in [0.25, 0.3) is 0 Å². The predicted molar refractivity (Wildman–Crippen MR) is 72.0 cm³/mol. The smallest absolute Gasteiger partial charge is 0.341 e. The average Bonchev–Trinajstić information content (AvgIpc) is 2.26.